The van der Waals surface area contributed by atoms with E-state index in [2.05, 4.69) is 4.74 Å². The van der Waals surface area contributed by atoms with Crippen molar-refractivity contribution in [3.8, 4) is 0 Å². The predicted molar refractivity (Wildman–Crippen MR) is 123 cm³/mol. The van der Waals surface area contributed by atoms with E-state index in [1.807, 2.05) is 0 Å². The second-order valence-corrected chi connectivity index (χ2v) is 1.48. The summed E-state index contributed by atoms with van der Waals surface area (Å²) in [7, 11) is 4.52. The summed E-state index contributed by atoms with van der Waals surface area (Å²) in [6.07, 6.45) is 3.11. The van der Waals surface area contributed by atoms with Gasteiger partial charge in [-0.2, -0.15) is 13.3 Å². The third-order valence-corrected chi connectivity index (χ3v) is 0.266. The van der Waals surface area contributed by atoms with Crippen LogP contribution in [0.25, 0.3) is 0 Å². The van der Waals surface area contributed by atoms with Crippen LogP contribution in [-0.4, -0.2) is 45.3 Å². The Morgan fingerprint density at radius 3 is 0.704 bits per heavy atom. The van der Waals surface area contributed by atoms with Gasteiger partial charge < -0.3 is 46.3 Å². The SMILES string of the molecule is C.C.C.C.C.C.C.C.C.CN(C)[C-]=O.CO[C-]=O.C[C-]=O.[CH3-].[CH3-].[CH3-].[W+2].[W+2].[W+2]. The van der Waals surface area contributed by atoms with Crippen LogP contribution in [0.5, 0.6) is 0 Å². The normalized spacial score (nSPS) is 2.52. The minimum atomic E-state index is 0. The molecule has 8 heteroatoms. The molecule has 0 aliphatic heterocycles. The number of nitrogens with zero attached hydrogens (tertiary/aromatic N) is 1. The van der Waals surface area contributed by atoms with Crippen LogP contribution in [0.1, 0.15) is 73.8 Å². The first-order valence-electron chi connectivity index (χ1n) is 2.84. The number of hydrogen-bond donors (Lipinski definition) is 0. The summed E-state index contributed by atoms with van der Waals surface area (Å²) < 4.78 is 3.74. The molecular weight excluding hydrogens is 858 g/mol. The minimum Gasteiger partial charge on any atom is -0.655 e. The zero-order valence-electron chi connectivity index (χ0n) is 11.8. The Bertz CT molecular complexity index is 123. The first-order valence-corrected chi connectivity index (χ1v) is 2.84. The molecule has 0 unspecified atom stereocenters. The fourth-order valence-electron chi connectivity index (χ4n) is 0. The summed E-state index contributed by atoms with van der Waals surface area (Å²) in [6.45, 7) is 2.50. The first kappa shape index (κ1) is 210. The van der Waals surface area contributed by atoms with Gasteiger partial charge in [-0.15, -0.1) is 0 Å². The molecule has 0 saturated heterocycles. The fourth-order valence-corrected chi connectivity index (χ4v) is 0. The van der Waals surface area contributed by atoms with Gasteiger partial charge in [-0.3, -0.25) is 6.29 Å². The Morgan fingerprint density at radius 2 is 0.704 bits per heavy atom. The van der Waals surface area contributed by atoms with Crippen LogP contribution >= 0.6 is 0 Å². The first-order chi connectivity index (χ1) is 5.60. The van der Waals surface area contributed by atoms with Crippen molar-refractivity contribution in [1.82, 2.24) is 4.90 Å². The fraction of sp³-hybridized carbons (Fsp3) is 0.684. The molecule has 0 aromatic rings. The van der Waals surface area contributed by atoms with E-state index in [-0.39, 0.29) is 152 Å². The molecule has 0 atom stereocenters. The molecule has 180 valence electrons. The third kappa shape index (κ3) is 1200. The van der Waals surface area contributed by atoms with Crippen molar-refractivity contribution in [2.24, 2.45) is 0 Å². The number of methoxy groups -OCH3 is 1. The van der Waals surface area contributed by atoms with Crippen molar-refractivity contribution in [3.05, 3.63) is 22.3 Å². The van der Waals surface area contributed by atoms with E-state index in [0.717, 1.165) is 0 Å². The number of rotatable bonds is 2. The maximum atomic E-state index is 9.31. The average molecular weight is 915 g/mol. The average Bonchev–Trinajstić information content (AvgIpc) is 2.06. The van der Waals surface area contributed by atoms with Gasteiger partial charge in [0.05, 0.1) is 0 Å². The molecular formula is C19H57NO4W3. The zero-order chi connectivity index (χ0) is 10.4. The molecule has 0 bridgehead atoms. The Labute approximate surface area is 222 Å². The van der Waals surface area contributed by atoms with Gasteiger partial charge in [0.15, 0.2) is 0 Å². The number of ether oxygens (including phenoxy) is 1. The molecule has 0 saturated carbocycles. The van der Waals surface area contributed by atoms with Crippen LogP contribution in [0, 0.1) is 22.3 Å². The molecule has 0 aromatic heterocycles. The number of carbonyl (C=O) groups excluding carboxylic acids is 3. The minimum absolute atomic E-state index is 0. The molecule has 0 aliphatic carbocycles. The molecule has 0 aromatic carbocycles. The molecule has 0 radical (unpaired) electrons. The van der Waals surface area contributed by atoms with Gasteiger partial charge in [0.1, 0.15) is 0 Å². The van der Waals surface area contributed by atoms with E-state index in [4.69, 9.17) is 9.59 Å². The van der Waals surface area contributed by atoms with Gasteiger partial charge in [0, 0.05) is 7.11 Å². The van der Waals surface area contributed by atoms with Gasteiger partial charge in [-0.1, -0.05) is 73.3 Å². The Hall–Kier alpha value is 0.675. The standard InChI is InChI=1S/C3H6NO.C2H3O2.C2H3O.9CH4.3CH3.3W/c1-4(2)3-5;1-4-2-3;1-2-3;;;;;;;;;;;;;;;/h1-2H3;1H3;1H3;9*1H4;3*1H3;;;/q3*-1;;;;;;;;;;3*-1;3*+2. The van der Waals surface area contributed by atoms with Crippen LogP contribution < -0.4 is 0 Å². The van der Waals surface area contributed by atoms with Gasteiger partial charge in [0.2, 0.25) is 0 Å². The topological polar surface area (TPSA) is 63.7 Å². The molecule has 0 rings (SSSR count). The van der Waals surface area contributed by atoms with Crippen LogP contribution in [0.3, 0.4) is 0 Å². The molecule has 0 fully saturated rings. The summed E-state index contributed by atoms with van der Waals surface area (Å²) in [5.41, 5.74) is 0. The van der Waals surface area contributed by atoms with Crippen LogP contribution in [-0.2, 0) is 82.3 Å². The Kier molecular flexibility index (Phi) is 2330. The summed E-state index contributed by atoms with van der Waals surface area (Å²) in [4.78, 5) is 28.1. The largest absolute Gasteiger partial charge is 2.00 e. The van der Waals surface area contributed by atoms with E-state index in [9.17, 15) is 4.79 Å². The van der Waals surface area contributed by atoms with Crippen molar-refractivity contribution in [2.75, 3.05) is 21.2 Å². The molecule has 0 N–H and O–H groups in total. The maximum absolute atomic E-state index is 9.31. The van der Waals surface area contributed by atoms with Crippen molar-refractivity contribution in [1.29, 1.82) is 0 Å². The molecule has 0 spiro atoms. The van der Waals surface area contributed by atoms with E-state index in [0.29, 0.717) is 0 Å². The van der Waals surface area contributed by atoms with Crippen LogP contribution in [0.15, 0.2) is 0 Å². The van der Waals surface area contributed by atoms with Gasteiger partial charge in [0.25, 0.3) is 0 Å². The smallest absolute Gasteiger partial charge is 0.655 e. The van der Waals surface area contributed by atoms with Gasteiger partial charge >= 0.3 is 63.2 Å². The quantitative estimate of drug-likeness (QED) is 0.235. The van der Waals surface area contributed by atoms with E-state index in [1.165, 1.54) is 31.7 Å². The molecule has 0 aliphatic rings. The second kappa shape index (κ2) is 299. The predicted octanol–water partition coefficient (Wildman–Crippen LogP) is 6.50. The zero-order valence-corrected chi connectivity index (χ0v) is 20.6. The third-order valence-electron chi connectivity index (χ3n) is 0.266. The van der Waals surface area contributed by atoms with Crippen LogP contribution in [0.4, 0.5) is 0 Å². The van der Waals surface area contributed by atoms with E-state index in [1.54, 1.807) is 20.5 Å². The van der Waals surface area contributed by atoms with E-state index < -0.39 is 0 Å². The molecule has 5 nitrogen and oxygen atoms in total. The monoisotopic (exact) mass is 915 g/mol. The van der Waals surface area contributed by atoms with Gasteiger partial charge in [-0.25, -0.2) is 0 Å². The second-order valence-electron chi connectivity index (χ2n) is 1.48. The van der Waals surface area contributed by atoms with Crippen molar-refractivity contribution < 1.29 is 82.3 Å². The summed E-state index contributed by atoms with van der Waals surface area (Å²) in [5, 5.41) is 0. The van der Waals surface area contributed by atoms with Crippen molar-refractivity contribution in [3.63, 3.8) is 0 Å². The number of amides is 1. The maximum Gasteiger partial charge on any atom is 2.00 e. The summed E-state index contributed by atoms with van der Waals surface area (Å²) >= 11 is 0. The van der Waals surface area contributed by atoms with Gasteiger partial charge in [-0.05, 0) is 14.1 Å². The Balaban J connectivity index is -0.00000000223. The Morgan fingerprint density at radius 1 is 0.630 bits per heavy atom. The summed E-state index contributed by atoms with van der Waals surface area (Å²) in [5.74, 6) is 0. The van der Waals surface area contributed by atoms with E-state index >= 15 is 0 Å². The summed E-state index contributed by atoms with van der Waals surface area (Å²) in [6, 6.07) is 0. The van der Waals surface area contributed by atoms with Crippen LogP contribution in [0.2, 0.25) is 0 Å². The van der Waals surface area contributed by atoms with Crippen molar-refractivity contribution in [2.45, 2.75) is 73.8 Å². The van der Waals surface area contributed by atoms with Crippen molar-refractivity contribution >= 4 is 19.2 Å². The molecule has 27 heavy (non-hydrogen) atoms. The molecule has 0 heterocycles. The molecule has 1 amide bonds. The number of hydrogen-bond acceptors (Lipinski definition) is 4.